The van der Waals surface area contributed by atoms with Gasteiger partial charge in [-0.05, 0) is 42.5 Å². The van der Waals surface area contributed by atoms with E-state index in [9.17, 15) is 14.0 Å². The smallest absolute Gasteiger partial charge is 0.228 e. The molecule has 1 unspecified atom stereocenters. The Bertz CT molecular complexity index is 1210. The lowest BCUT2D eigenvalue weighted by Crippen LogP contribution is -2.27. The van der Waals surface area contributed by atoms with Crippen molar-refractivity contribution in [3.8, 4) is 22.6 Å². The van der Waals surface area contributed by atoms with Crippen molar-refractivity contribution in [3.05, 3.63) is 54.1 Å². The fourth-order valence-corrected chi connectivity index (χ4v) is 3.07. The molecule has 10 heteroatoms. The minimum absolute atomic E-state index is 0.164. The summed E-state index contributed by atoms with van der Waals surface area (Å²) in [4.78, 5) is 27.1. The van der Waals surface area contributed by atoms with E-state index in [1.54, 1.807) is 18.2 Å². The van der Waals surface area contributed by atoms with E-state index in [4.69, 9.17) is 11.5 Å². The summed E-state index contributed by atoms with van der Waals surface area (Å²) in [5.74, 6) is -2.23. The molecule has 2 heterocycles. The minimum Gasteiger partial charge on any atom is -0.370 e. The highest BCUT2D eigenvalue weighted by atomic mass is 19.1. The second-order valence-corrected chi connectivity index (χ2v) is 6.51. The predicted octanol–water partition coefficient (Wildman–Crippen LogP) is 1.60. The minimum atomic E-state index is -0.985. The molecule has 0 saturated heterocycles. The Kier molecular flexibility index (Phi) is 4.51. The molecule has 2 amide bonds. The van der Waals surface area contributed by atoms with Gasteiger partial charge in [-0.15, -0.1) is 0 Å². The Morgan fingerprint density at radius 2 is 1.72 bits per heavy atom. The molecule has 0 spiro atoms. The van der Waals surface area contributed by atoms with Gasteiger partial charge >= 0.3 is 0 Å². The number of aromatic amines is 2. The SMILES string of the molecule is NC(=O)CC(C(N)=O)c1nc(-c2ccc3[nH]nc(-c4ccc(F)cc4)c3c2)n[nH]1. The van der Waals surface area contributed by atoms with Crippen LogP contribution in [0.4, 0.5) is 4.39 Å². The molecule has 0 aliphatic rings. The number of hydrogen-bond acceptors (Lipinski definition) is 5. The molecular formula is C19H16FN7O2. The lowest BCUT2D eigenvalue weighted by Gasteiger charge is -2.06. The van der Waals surface area contributed by atoms with Crippen LogP contribution in [0.5, 0.6) is 0 Å². The molecule has 29 heavy (non-hydrogen) atoms. The van der Waals surface area contributed by atoms with E-state index >= 15 is 0 Å². The number of hydrogen-bond donors (Lipinski definition) is 4. The first kappa shape index (κ1) is 18.3. The van der Waals surface area contributed by atoms with E-state index in [0.29, 0.717) is 17.1 Å². The van der Waals surface area contributed by atoms with E-state index in [-0.39, 0.29) is 18.1 Å². The molecule has 6 N–H and O–H groups in total. The molecule has 2 aromatic heterocycles. The lowest BCUT2D eigenvalue weighted by atomic mass is 10.0. The summed E-state index contributed by atoms with van der Waals surface area (Å²) >= 11 is 0. The number of carbonyl (C=O) groups is 2. The van der Waals surface area contributed by atoms with Crippen LogP contribution in [0.3, 0.4) is 0 Å². The molecule has 2 aromatic carbocycles. The highest BCUT2D eigenvalue weighted by Crippen LogP contribution is 2.30. The van der Waals surface area contributed by atoms with E-state index in [1.807, 2.05) is 12.1 Å². The number of nitrogens with zero attached hydrogens (tertiary/aromatic N) is 3. The summed E-state index contributed by atoms with van der Waals surface area (Å²) in [6.45, 7) is 0. The van der Waals surface area contributed by atoms with Gasteiger partial charge in [-0.1, -0.05) is 0 Å². The van der Waals surface area contributed by atoms with Gasteiger partial charge in [0.15, 0.2) is 5.82 Å². The van der Waals surface area contributed by atoms with Gasteiger partial charge in [-0.25, -0.2) is 9.37 Å². The molecule has 0 bridgehead atoms. The van der Waals surface area contributed by atoms with E-state index < -0.39 is 17.7 Å². The molecule has 0 fully saturated rings. The highest BCUT2D eigenvalue weighted by Gasteiger charge is 2.24. The fourth-order valence-electron chi connectivity index (χ4n) is 3.07. The maximum atomic E-state index is 13.2. The van der Waals surface area contributed by atoms with Gasteiger partial charge in [-0.2, -0.15) is 10.2 Å². The Hall–Kier alpha value is -4.08. The van der Waals surface area contributed by atoms with Gasteiger partial charge in [0, 0.05) is 22.9 Å². The number of nitrogens with one attached hydrogen (secondary N) is 2. The molecule has 0 aliphatic carbocycles. The zero-order valence-electron chi connectivity index (χ0n) is 15.0. The fraction of sp³-hybridized carbons (Fsp3) is 0.105. The van der Waals surface area contributed by atoms with Crippen LogP contribution in [-0.2, 0) is 9.59 Å². The first-order chi connectivity index (χ1) is 13.9. The number of fused-ring (bicyclic) bond motifs is 1. The zero-order valence-corrected chi connectivity index (χ0v) is 15.0. The van der Waals surface area contributed by atoms with Crippen molar-refractivity contribution < 1.29 is 14.0 Å². The first-order valence-corrected chi connectivity index (χ1v) is 8.66. The summed E-state index contributed by atoms with van der Waals surface area (Å²) < 4.78 is 13.2. The molecule has 0 radical (unpaired) electrons. The van der Waals surface area contributed by atoms with Crippen LogP contribution in [0, 0.1) is 5.82 Å². The van der Waals surface area contributed by atoms with Crippen molar-refractivity contribution in [2.75, 3.05) is 0 Å². The van der Waals surface area contributed by atoms with Crippen LogP contribution in [0.2, 0.25) is 0 Å². The van der Waals surface area contributed by atoms with Crippen LogP contribution < -0.4 is 11.5 Å². The predicted molar refractivity (Wildman–Crippen MR) is 103 cm³/mol. The molecule has 4 aromatic rings. The topological polar surface area (TPSA) is 156 Å². The molecule has 4 rings (SSSR count). The van der Waals surface area contributed by atoms with Crippen LogP contribution in [0.25, 0.3) is 33.5 Å². The summed E-state index contributed by atoms with van der Waals surface area (Å²) in [7, 11) is 0. The Labute approximate surface area is 163 Å². The van der Waals surface area contributed by atoms with Crippen LogP contribution in [0.15, 0.2) is 42.5 Å². The van der Waals surface area contributed by atoms with E-state index in [2.05, 4.69) is 25.4 Å². The number of carbonyl (C=O) groups excluding carboxylic acids is 2. The number of nitrogens with two attached hydrogens (primary N) is 2. The standard InChI is InChI=1S/C19H16FN7O2/c20-11-4-1-9(2-5-11)16-12-7-10(3-6-14(12)24-25-16)18-23-19(27-26-18)13(17(22)29)8-15(21)28/h1-7,13H,8H2,(H2,21,28)(H2,22,29)(H,24,25)(H,23,26,27). The molecule has 1 atom stereocenters. The van der Waals surface area contributed by atoms with Crippen LogP contribution >= 0.6 is 0 Å². The van der Waals surface area contributed by atoms with Gasteiger partial charge in [-0.3, -0.25) is 19.8 Å². The third kappa shape index (κ3) is 3.55. The van der Waals surface area contributed by atoms with E-state index in [0.717, 1.165) is 16.5 Å². The Morgan fingerprint density at radius 1 is 1.00 bits per heavy atom. The van der Waals surface area contributed by atoms with Gasteiger partial charge in [0.25, 0.3) is 0 Å². The number of amides is 2. The van der Waals surface area contributed by atoms with Gasteiger partial charge in [0.1, 0.15) is 17.6 Å². The van der Waals surface area contributed by atoms with Crippen LogP contribution in [-0.4, -0.2) is 37.2 Å². The quantitative estimate of drug-likeness (QED) is 0.391. The molecule has 146 valence electrons. The maximum Gasteiger partial charge on any atom is 0.228 e. The Morgan fingerprint density at radius 3 is 2.41 bits per heavy atom. The molecule has 0 saturated carbocycles. The van der Waals surface area contributed by atoms with Crippen molar-refractivity contribution in [1.29, 1.82) is 0 Å². The van der Waals surface area contributed by atoms with Crippen molar-refractivity contribution in [2.24, 2.45) is 11.5 Å². The molecule has 9 nitrogen and oxygen atoms in total. The Balaban J connectivity index is 1.73. The van der Waals surface area contributed by atoms with Crippen LogP contribution in [0.1, 0.15) is 18.2 Å². The average Bonchev–Trinajstić information content (AvgIpc) is 3.33. The zero-order chi connectivity index (χ0) is 20.5. The van der Waals surface area contributed by atoms with Crippen molar-refractivity contribution >= 4 is 22.7 Å². The first-order valence-electron chi connectivity index (χ1n) is 8.66. The third-order valence-electron chi connectivity index (χ3n) is 4.52. The van der Waals surface area contributed by atoms with Gasteiger partial charge in [0.2, 0.25) is 11.8 Å². The van der Waals surface area contributed by atoms with Gasteiger partial charge in [0.05, 0.1) is 11.2 Å². The largest absolute Gasteiger partial charge is 0.370 e. The summed E-state index contributed by atoms with van der Waals surface area (Å²) in [6.07, 6.45) is -0.264. The number of rotatable bonds is 6. The second kappa shape index (κ2) is 7.15. The number of halogens is 1. The summed E-state index contributed by atoms with van der Waals surface area (Å²) in [6, 6.07) is 11.4. The number of aromatic nitrogens is 5. The van der Waals surface area contributed by atoms with Gasteiger partial charge < -0.3 is 11.5 Å². The maximum absolute atomic E-state index is 13.2. The normalized spacial score (nSPS) is 12.2. The summed E-state index contributed by atoms with van der Waals surface area (Å²) in [5.41, 5.74) is 13.4. The molecular weight excluding hydrogens is 377 g/mol. The molecule has 0 aliphatic heterocycles. The third-order valence-corrected chi connectivity index (χ3v) is 4.52. The second-order valence-electron chi connectivity index (χ2n) is 6.51. The number of benzene rings is 2. The van der Waals surface area contributed by atoms with Crippen molar-refractivity contribution in [1.82, 2.24) is 25.4 Å². The summed E-state index contributed by atoms with van der Waals surface area (Å²) in [5, 5.41) is 14.8. The van der Waals surface area contributed by atoms with E-state index in [1.165, 1.54) is 12.1 Å². The number of H-pyrrole nitrogens is 2. The average molecular weight is 393 g/mol. The number of primary amides is 2. The highest BCUT2D eigenvalue weighted by molar-refractivity contribution is 5.95. The van der Waals surface area contributed by atoms with Crippen molar-refractivity contribution in [3.63, 3.8) is 0 Å². The van der Waals surface area contributed by atoms with Crippen molar-refractivity contribution in [2.45, 2.75) is 12.3 Å². The monoisotopic (exact) mass is 393 g/mol. The lowest BCUT2D eigenvalue weighted by molar-refractivity contribution is -0.124.